The average Bonchev–Trinajstić information content (AvgIpc) is 2.17. The van der Waals surface area contributed by atoms with E-state index in [0.717, 1.165) is 0 Å². The first kappa shape index (κ1) is 9.45. The summed E-state index contributed by atoms with van der Waals surface area (Å²) in [5.74, 6) is 0. The van der Waals surface area contributed by atoms with E-state index in [1.54, 1.807) is 31.2 Å². The van der Waals surface area contributed by atoms with Crippen LogP contribution in [-0.2, 0) is 0 Å². The number of aromatic nitrogens is 2. The minimum absolute atomic E-state index is 0.126. The number of nitrogens with zero attached hydrogens (tertiary/aromatic N) is 1. The van der Waals surface area contributed by atoms with Crippen molar-refractivity contribution in [2.24, 2.45) is 0 Å². The first-order chi connectivity index (χ1) is 7.18. The number of hydrogen-bond acceptors (Lipinski definition) is 2. The van der Waals surface area contributed by atoms with E-state index in [4.69, 9.17) is 0 Å². The standard InChI is InChI=1S/C11H10N2O2/c1-8-7-13(15)10(11(14)12-8)9-5-3-2-4-6-9/h2-7H,1H3,(H,12,14). The summed E-state index contributed by atoms with van der Waals surface area (Å²) in [6, 6.07) is 8.87. The largest absolute Gasteiger partial charge is 0.618 e. The quantitative estimate of drug-likeness (QED) is 0.553. The summed E-state index contributed by atoms with van der Waals surface area (Å²) in [5.41, 5.74) is 0.931. The topological polar surface area (TPSA) is 59.8 Å². The van der Waals surface area contributed by atoms with Gasteiger partial charge in [-0.15, -0.1) is 0 Å². The van der Waals surface area contributed by atoms with Crippen LogP contribution in [0.2, 0.25) is 0 Å². The molecule has 2 rings (SSSR count). The Hall–Kier alpha value is -2.10. The number of rotatable bonds is 1. The number of aryl methyl sites for hydroxylation is 1. The van der Waals surface area contributed by atoms with E-state index in [-0.39, 0.29) is 11.3 Å². The molecule has 0 atom stereocenters. The Balaban J connectivity index is 2.69. The van der Waals surface area contributed by atoms with Crippen LogP contribution < -0.4 is 10.3 Å². The van der Waals surface area contributed by atoms with Gasteiger partial charge in [0.1, 0.15) is 0 Å². The lowest BCUT2D eigenvalue weighted by Crippen LogP contribution is -2.37. The summed E-state index contributed by atoms with van der Waals surface area (Å²) >= 11 is 0. The molecule has 1 aromatic heterocycles. The maximum absolute atomic E-state index is 11.6. The maximum atomic E-state index is 11.6. The van der Waals surface area contributed by atoms with Crippen LogP contribution >= 0.6 is 0 Å². The van der Waals surface area contributed by atoms with Gasteiger partial charge in [-0.3, -0.25) is 4.79 Å². The molecular weight excluding hydrogens is 192 g/mol. The fraction of sp³-hybridized carbons (Fsp3) is 0.0909. The van der Waals surface area contributed by atoms with Crippen molar-refractivity contribution < 1.29 is 4.73 Å². The molecule has 0 bridgehead atoms. The monoisotopic (exact) mass is 202 g/mol. The number of nitrogens with one attached hydrogen (secondary N) is 1. The Morgan fingerprint density at radius 2 is 1.93 bits per heavy atom. The first-order valence-corrected chi connectivity index (χ1v) is 4.57. The van der Waals surface area contributed by atoms with Crippen molar-refractivity contribution >= 4 is 0 Å². The predicted octanol–water partition coefficient (Wildman–Crippen LogP) is 0.984. The van der Waals surface area contributed by atoms with Crippen LogP contribution in [0.5, 0.6) is 0 Å². The van der Waals surface area contributed by atoms with Crippen LogP contribution in [0.3, 0.4) is 0 Å². The van der Waals surface area contributed by atoms with Crippen molar-refractivity contribution in [2.45, 2.75) is 6.92 Å². The second-order valence-electron chi connectivity index (χ2n) is 3.31. The summed E-state index contributed by atoms with van der Waals surface area (Å²) in [6.45, 7) is 1.67. The van der Waals surface area contributed by atoms with Gasteiger partial charge >= 0.3 is 5.56 Å². The Bertz CT molecular complexity index is 532. The van der Waals surface area contributed by atoms with Crippen LogP contribution in [0.1, 0.15) is 5.69 Å². The Morgan fingerprint density at radius 3 is 2.53 bits per heavy atom. The molecule has 0 aliphatic rings. The minimum atomic E-state index is -0.365. The Labute approximate surface area is 86.4 Å². The number of aromatic amines is 1. The number of benzene rings is 1. The molecule has 0 radical (unpaired) electrons. The third-order valence-electron chi connectivity index (χ3n) is 2.10. The maximum Gasteiger partial charge on any atom is 0.322 e. The predicted molar refractivity (Wildman–Crippen MR) is 56.2 cm³/mol. The molecule has 4 nitrogen and oxygen atoms in total. The van der Waals surface area contributed by atoms with E-state index in [1.807, 2.05) is 6.07 Å². The van der Waals surface area contributed by atoms with Gasteiger partial charge < -0.3 is 10.2 Å². The van der Waals surface area contributed by atoms with Gasteiger partial charge in [0.2, 0.25) is 0 Å². The van der Waals surface area contributed by atoms with Crippen LogP contribution in [0.25, 0.3) is 11.3 Å². The summed E-state index contributed by atoms with van der Waals surface area (Å²) in [5, 5.41) is 11.6. The highest BCUT2D eigenvalue weighted by Crippen LogP contribution is 2.09. The van der Waals surface area contributed by atoms with Crippen molar-refractivity contribution in [1.29, 1.82) is 0 Å². The van der Waals surface area contributed by atoms with Crippen molar-refractivity contribution in [3.8, 4) is 11.3 Å². The van der Waals surface area contributed by atoms with E-state index in [9.17, 15) is 10.0 Å². The molecule has 4 heteroatoms. The SMILES string of the molecule is Cc1c[n+]([O-])c(-c2ccccc2)c(=O)[nH]1. The third-order valence-corrected chi connectivity index (χ3v) is 2.10. The van der Waals surface area contributed by atoms with E-state index in [1.165, 1.54) is 6.20 Å². The fourth-order valence-electron chi connectivity index (χ4n) is 1.47. The van der Waals surface area contributed by atoms with Crippen LogP contribution in [0, 0.1) is 12.1 Å². The number of H-pyrrole nitrogens is 1. The van der Waals surface area contributed by atoms with Crippen molar-refractivity contribution in [3.63, 3.8) is 0 Å². The summed E-state index contributed by atoms with van der Waals surface area (Å²) in [6.07, 6.45) is 1.35. The molecule has 1 heterocycles. The Kier molecular flexibility index (Phi) is 2.25. The van der Waals surface area contributed by atoms with Gasteiger partial charge in [0.05, 0.1) is 11.3 Å². The van der Waals surface area contributed by atoms with Gasteiger partial charge in [-0.25, -0.2) is 0 Å². The van der Waals surface area contributed by atoms with E-state index in [2.05, 4.69) is 4.98 Å². The zero-order valence-corrected chi connectivity index (χ0v) is 8.23. The summed E-state index contributed by atoms with van der Waals surface area (Å²) in [4.78, 5) is 14.2. The first-order valence-electron chi connectivity index (χ1n) is 4.57. The normalized spacial score (nSPS) is 10.2. The van der Waals surface area contributed by atoms with Crippen molar-refractivity contribution in [1.82, 2.24) is 4.98 Å². The zero-order chi connectivity index (χ0) is 10.8. The third kappa shape index (κ3) is 1.74. The second-order valence-corrected chi connectivity index (χ2v) is 3.31. The van der Waals surface area contributed by atoms with E-state index < -0.39 is 0 Å². The van der Waals surface area contributed by atoms with Gasteiger partial charge in [0, 0.05) is 0 Å². The second kappa shape index (κ2) is 3.57. The molecule has 0 unspecified atom stereocenters. The van der Waals surface area contributed by atoms with E-state index in [0.29, 0.717) is 16.0 Å². The molecule has 1 N–H and O–H groups in total. The molecule has 0 spiro atoms. The average molecular weight is 202 g/mol. The fourth-order valence-corrected chi connectivity index (χ4v) is 1.47. The zero-order valence-electron chi connectivity index (χ0n) is 8.23. The van der Waals surface area contributed by atoms with Crippen LogP contribution in [0.15, 0.2) is 41.3 Å². The molecule has 0 fully saturated rings. The molecule has 0 saturated carbocycles. The Morgan fingerprint density at radius 1 is 1.27 bits per heavy atom. The lowest BCUT2D eigenvalue weighted by molar-refractivity contribution is -0.595. The summed E-state index contributed by atoms with van der Waals surface area (Å²) in [7, 11) is 0. The highest BCUT2D eigenvalue weighted by molar-refractivity contribution is 5.54. The number of hydrogen-bond donors (Lipinski definition) is 1. The van der Waals surface area contributed by atoms with E-state index >= 15 is 0 Å². The lowest BCUT2D eigenvalue weighted by Gasteiger charge is -2.03. The minimum Gasteiger partial charge on any atom is -0.618 e. The molecule has 0 aliphatic heterocycles. The lowest BCUT2D eigenvalue weighted by atomic mass is 10.1. The molecule has 0 amide bonds. The highest BCUT2D eigenvalue weighted by atomic mass is 16.5. The molecule has 1 aromatic carbocycles. The molecule has 0 aliphatic carbocycles. The van der Waals surface area contributed by atoms with Crippen LogP contribution in [0.4, 0.5) is 0 Å². The smallest absolute Gasteiger partial charge is 0.322 e. The molecule has 15 heavy (non-hydrogen) atoms. The summed E-state index contributed by atoms with van der Waals surface area (Å²) < 4.78 is 0.601. The molecular formula is C11H10N2O2. The van der Waals surface area contributed by atoms with Gasteiger partial charge in [0.15, 0.2) is 6.20 Å². The van der Waals surface area contributed by atoms with Gasteiger partial charge in [0.25, 0.3) is 5.69 Å². The molecule has 2 aromatic rings. The highest BCUT2D eigenvalue weighted by Gasteiger charge is 2.13. The molecule has 0 saturated heterocycles. The van der Waals surface area contributed by atoms with Gasteiger partial charge in [-0.1, -0.05) is 18.2 Å². The van der Waals surface area contributed by atoms with Gasteiger partial charge in [-0.05, 0) is 19.1 Å². The van der Waals surface area contributed by atoms with Crippen molar-refractivity contribution in [2.75, 3.05) is 0 Å². The molecule has 76 valence electrons. The van der Waals surface area contributed by atoms with Crippen molar-refractivity contribution in [3.05, 3.63) is 57.8 Å². The van der Waals surface area contributed by atoms with Crippen LogP contribution in [-0.4, -0.2) is 4.98 Å². The van der Waals surface area contributed by atoms with Gasteiger partial charge in [-0.2, -0.15) is 4.73 Å².